The number of carbonyl (C=O) groups is 1. The molecule has 4 heteroatoms. The van der Waals surface area contributed by atoms with Crippen LogP contribution in [0.4, 0.5) is 5.69 Å². The summed E-state index contributed by atoms with van der Waals surface area (Å²) in [4.78, 5) is 12.4. The lowest BCUT2D eigenvalue weighted by Crippen LogP contribution is -2.15. The summed E-state index contributed by atoms with van der Waals surface area (Å²) in [6.45, 7) is 5.76. The lowest BCUT2D eigenvalue weighted by molar-refractivity contribution is -0.115. The van der Waals surface area contributed by atoms with Gasteiger partial charge in [-0.25, -0.2) is 0 Å². The predicted molar refractivity (Wildman–Crippen MR) is 97.1 cm³/mol. The third-order valence-electron chi connectivity index (χ3n) is 4.05. The lowest BCUT2D eigenvalue weighted by atomic mass is 10.1. The zero-order chi connectivity index (χ0) is 16.9. The van der Waals surface area contributed by atoms with Crippen molar-refractivity contribution in [2.75, 3.05) is 11.9 Å². The van der Waals surface area contributed by atoms with Crippen molar-refractivity contribution >= 4 is 22.6 Å². The summed E-state index contributed by atoms with van der Waals surface area (Å²) in [5.74, 6) is 0.761. The largest absolute Gasteiger partial charge is 0.461 e. The van der Waals surface area contributed by atoms with Gasteiger partial charge in [0, 0.05) is 23.2 Å². The second-order valence-electron chi connectivity index (χ2n) is 5.84. The van der Waals surface area contributed by atoms with E-state index in [-0.39, 0.29) is 5.91 Å². The van der Waals surface area contributed by atoms with Crippen molar-refractivity contribution in [1.82, 2.24) is 5.32 Å². The molecule has 0 atom stereocenters. The first-order valence-electron chi connectivity index (χ1n) is 8.24. The lowest BCUT2D eigenvalue weighted by Gasteiger charge is -2.07. The molecule has 0 fully saturated rings. The van der Waals surface area contributed by atoms with Crippen LogP contribution in [-0.2, 0) is 17.8 Å². The molecule has 0 radical (unpaired) electrons. The van der Waals surface area contributed by atoms with E-state index in [0.717, 1.165) is 41.1 Å². The van der Waals surface area contributed by atoms with Crippen LogP contribution in [0.5, 0.6) is 0 Å². The number of hydrogen-bond donors (Lipinski definition) is 2. The van der Waals surface area contributed by atoms with E-state index < -0.39 is 0 Å². The summed E-state index contributed by atoms with van der Waals surface area (Å²) in [6, 6.07) is 15.7. The maximum atomic E-state index is 12.4. The molecule has 3 aromatic rings. The van der Waals surface area contributed by atoms with Crippen molar-refractivity contribution in [1.29, 1.82) is 0 Å². The number of rotatable bonds is 6. The highest BCUT2D eigenvalue weighted by atomic mass is 16.3. The minimum absolute atomic E-state index is 0.0379. The molecule has 0 unspecified atom stereocenters. The minimum atomic E-state index is -0.0379. The number of benzene rings is 2. The summed E-state index contributed by atoms with van der Waals surface area (Å²) < 4.78 is 5.72. The van der Waals surface area contributed by atoms with E-state index in [9.17, 15) is 4.79 Å². The molecule has 1 aromatic heterocycles. The summed E-state index contributed by atoms with van der Waals surface area (Å²) in [7, 11) is 0. The van der Waals surface area contributed by atoms with E-state index in [0.29, 0.717) is 6.42 Å². The molecule has 0 aliphatic rings. The number of carbonyl (C=O) groups excluding carboxylic acids is 1. The summed E-state index contributed by atoms with van der Waals surface area (Å²) in [5.41, 5.74) is 3.79. The SMILES string of the molecule is CCNCc1ccc(NC(=O)Cc2c(C)oc3ccccc23)cc1. The number of para-hydroxylation sites is 1. The molecular weight excluding hydrogens is 300 g/mol. The first-order chi connectivity index (χ1) is 11.7. The van der Waals surface area contributed by atoms with E-state index >= 15 is 0 Å². The van der Waals surface area contributed by atoms with Crippen LogP contribution in [0.25, 0.3) is 11.0 Å². The second kappa shape index (κ2) is 7.32. The Morgan fingerprint density at radius 2 is 1.83 bits per heavy atom. The molecule has 1 heterocycles. The Labute approximate surface area is 141 Å². The number of nitrogens with one attached hydrogen (secondary N) is 2. The van der Waals surface area contributed by atoms with Crippen molar-refractivity contribution in [3.63, 3.8) is 0 Å². The molecule has 0 saturated heterocycles. The van der Waals surface area contributed by atoms with Crippen LogP contribution in [0.15, 0.2) is 52.9 Å². The van der Waals surface area contributed by atoms with Gasteiger partial charge in [0.05, 0.1) is 6.42 Å². The Morgan fingerprint density at radius 3 is 2.58 bits per heavy atom. The van der Waals surface area contributed by atoms with Gasteiger partial charge in [0.25, 0.3) is 0 Å². The predicted octanol–water partition coefficient (Wildman–Crippen LogP) is 4.03. The Morgan fingerprint density at radius 1 is 1.08 bits per heavy atom. The fourth-order valence-corrected chi connectivity index (χ4v) is 2.78. The number of furan rings is 1. The van der Waals surface area contributed by atoms with Gasteiger partial charge < -0.3 is 15.1 Å². The molecule has 0 bridgehead atoms. The molecule has 24 heavy (non-hydrogen) atoms. The maximum Gasteiger partial charge on any atom is 0.228 e. The molecule has 0 aliphatic heterocycles. The number of hydrogen-bond acceptors (Lipinski definition) is 3. The number of fused-ring (bicyclic) bond motifs is 1. The van der Waals surface area contributed by atoms with E-state index in [1.165, 1.54) is 5.56 Å². The first-order valence-corrected chi connectivity index (χ1v) is 8.24. The van der Waals surface area contributed by atoms with Crippen LogP contribution in [0.1, 0.15) is 23.8 Å². The molecule has 2 aromatic carbocycles. The summed E-state index contributed by atoms with van der Waals surface area (Å²) in [5, 5.41) is 7.24. The zero-order valence-corrected chi connectivity index (χ0v) is 14.1. The van der Waals surface area contributed by atoms with Crippen molar-refractivity contribution in [2.24, 2.45) is 0 Å². The van der Waals surface area contributed by atoms with E-state index in [4.69, 9.17) is 4.42 Å². The van der Waals surface area contributed by atoms with Crippen LogP contribution in [0.3, 0.4) is 0 Å². The van der Waals surface area contributed by atoms with Gasteiger partial charge in [-0.1, -0.05) is 37.3 Å². The van der Waals surface area contributed by atoms with Gasteiger partial charge in [-0.05, 0) is 37.2 Å². The van der Waals surface area contributed by atoms with Crippen molar-refractivity contribution in [2.45, 2.75) is 26.8 Å². The molecular formula is C20H22N2O2. The highest BCUT2D eigenvalue weighted by Gasteiger charge is 2.14. The molecule has 3 rings (SSSR count). The van der Waals surface area contributed by atoms with Gasteiger partial charge in [-0.15, -0.1) is 0 Å². The molecule has 2 N–H and O–H groups in total. The van der Waals surface area contributed by atoms with Gasteiger partial charge in [0.2, 0.25) is 5.91 Å². The maximum absolute atomic E-state index is 12.4. The number of amides is 1. The average Bonchev–Trinajstić information content (AvgIpc) is 2.90. The first kappa shape index (κ1) is 16.3. The van der Waals surface area contributed by atoms with Gasteiger partial charge in [-0.2, -0.15) is 0 Å². The van der Waals surface area contributed by atoms with Gasteiger partial charge in [0.1, 0.15) is 11.3 Å². The van der Waals surface area contributed by atoms with Crippen LogP contribution >= 0.6 is 0 Å². The number of aryl methyl sites for hydroxylation is 1. The third kappa shape index (κ3) is 3.66. The highest BCUT2D eigenvalue weighted by molar-refractivity contribution is 5.95. The van der Waals surface area contributed by atoms with Crippen molar-refractivity contribution in [3.05, 3.63) is 65.4 Å². The Balaban J connectivity index is 1.68. The topological polar surface area (TPSA) is 54.3 Å². The fourth-order valence-electron chi connectivity index (χ4n) is 2.78. The van der Waals surface area contributed by atoms with Crippen LogP contribution in [-0.4, -0.2) is 12.5 Å². The second-order valence-corrected chi connectivity index (χ2v) is 5.84. The Bertz CT molecular complexity index is 834. The quantitative estimate of drug-likeness (QED) is 0.720. The van der Waals surface area contributed by atoms with E-state index in [2.05, 4.69) is 17.6 Å². The Hall–Kier alpha value is -2.59. The zero-order valence-electron chi connectivity index (χ0n) is 14.1. The van der Waals surface area contributed by atoms with Gasteiger partial charge >= 0.3 is 0 Å². The van der Waals surface area contributed by atoms with Crippen LogP contribution in [0, 0.1) is 6.92 Å². The molecule has 4 nitrogen and oxygen atoms in total. The minimum Gasteiger partial charge on any atom is -0.461 e. The third-order valence-corrected chi connectivity index (χ3v) is 4.05. The molecule has 0 aliphatic carbocycles. The normalized spacial score (nSPS) is 10.9. The standard InChI is InChI=1S/C20H22N2O2/c1-3-21-13-15-8-10-16(11-9-15)22-20(23)12-18-14(2)24-19-7-5-4-6-17(18)19/h4-11,21H,3,12-13H2,1-2H3,(H,22,23). The van der Waals surface area contributed by atoms with E-state index in [1.807, 2.05) is 55.5 Å². The smallest absolute Gasteiger partial charge is 0.228 e. The van der Waals surface area contributed by atoms with Crippen molar-refractivity contribution < 1.29 is 9.21 Å². The molecule has 0 spiro atoms. The number of anilines is 1. The fraction of sp³-hybridized carbons (Fsp3) is 0.250. The Kier molecular flexibility index (Phi) is 4.96. The van der Waals surface area contributed by atoms with Crippen molar-refractivity contribution in [3.8, 4) is 0 Å². The monoisotopic (exact) mass is 322 g/mol. The molecule has 1 amide bonds. The van der Waals surface area contributed by atoms with Gasteiger partial charge in [0.15, 0.2) is 0 Å². The van der Waals surface area contributed by atoms with Crippen LogP contribution in [0.2, 0.25) is 0 Å². The highest BCUT2D eigenvalue weighted by Crippen LogP contribution is 2.25. The summed E-state index contributed by atoms with van der Waals surface area (Å²) in [6.07, 6.45) is 0.308. The van der Waals surface area contributed by atoms with Crippen LogP contribution < -0.4 is 10.6 Å². The van der Waals surface area contributed by atoms with E-state index in [1.54, 1.807) is 0 Å². The molecule has 0 saturated carbocycles. The average molecular weight is 322 g/mol. The van der Waals surface area contributed by atoms with Gasteiger partial charge in [-0.3, -0.25) is 4.79 Å². The summed E-state index contributed by atoms with van der Waals surface area (Å²) >= 11 is 0. The molecule has 124 valence electrons.